The molecule has 252 valence electrons. The van der Waals surface area contributed by atoms with E-state index in [0.717, 1.165) is 0 Å². The van der Waals surface area contributed by atoms with Crippen LogP contribution in [0.25, 0.3) is 0 Å². The molecule has 2 bridgehead atoms. The van der Waals surface area contributed by atoms with E-state index in [0.29, 0.717) is 0 Å². The molecule has 9 atom stereocenters. The standard InChI is InChI=1S/C35H40O12/c1-19(36)42-24-18-33(6,41)35-28(44-21(3)38)25(32(4,5)47-35)26(43-20(2)37)29(46-31(40)23-16-12-9-13-17-23)34(35,7)27(24)45-30(39)22-14-10-8-11-15-22/h8-17,24-29,41H,18H2,1-7H3/t24?,25-,26?,27?,28?,29?,33-,34+,35+/m1/s1. The van der Waals surface area contributed by atoms with Gasteiger partial charge in [0.05, 0.1) is 33.7 Å². The van der Waals surface area contributed by atoms with Crippen molar-refractivity contribution in [3.63, 3.8) is 0 Å². The van der Waals surface area contributed by atoms with Gasteiger partial charge in [0.1, 0.15) is 23.9 Å². The van der Waals surface area contributed by atoms with Gasteiger partial charge in [0.15, 0.2) is 12.2 Å². The Morgan fingerprint density at radius 3 is 1.60 bits per heavy atom. The number of aliphatic hydroxyl groups is 1. The first kappa shape index (κ1) is 34.1. The third kappa shape index (κ3) is 5.57. The highest BCUT2D eigenvalue weighted by Gasteiger charge is 2.87. The van der Waals surface area contributed by atoms with Gasteiger partial charge in [-0.1, -0.05) is 36.4 Å². The molecule has 5 unspecified atom stereocenters. The van der Waals surface area contributed by atoms with Crippen LogP contribution >= 0.6 is 0 Å². The van der Waals surface area contributed by atoms with Crippen molar-refractivity contribution < 1.29 is 57.5 Å². The molecule has 3 aliphatic rings. The van der Waals surface area contributed by atoms with E-state index in [1.54, 1.807) is 50.2 Å². The second-order valence-corrected chi connectivity index (χ2v) is 13.4. The lowest BCUT2D eigenvalue weighted by Gasteiger charge is -2.65. The molecule has 2 aromatic rings. The lowest BCUT2D eigenvalue weighted by atomic mass is 9.46. The second-order valence-electron chi connectivity index (χ2n) is 13.4. The summed E-state index contributed by atoms with van der Waals surface area (Å²) >= 11 is 0. The Morgan fingerprint density at radius 1 is 0.660 bits per heavy atom. The van der Waals surface area contributed by atoms with Gasteiger partial charge >= 0.3 is 29.8 Å². The van der Waals surface area contributed by atoms with E-state index in [-0.39, 0.29) is 17.5 Å². The molecule has 2 aliphatic carbocycles. The molecule has 0 radical (unpaired) electrons. The molecule has 1 N–H and O–H groups in total. The third-order valence-corrected chi connectivity index (χ3v) is 9.72. The quantitative estimate of drug-likeness (QED) is 0.343. The topological polar surface area (TPSA) is 161 Å². The Labute approximate surface area is 272 Å². The van der Waals surface area contributed by atoms with Crippen molar-refractivity contribution in [3.8, 4) is 0 Å². The van der Waals surface area contributed by atoms with E-state index in [1.807, 2.05) is 0 Å². The van der Waals surface area contributed by atoms with Crippen LogP contribution in [0.3, 0.4) is 0 Å². The van der Waals surface area contributed by atoms with Crippen LogP contribution in [0.4, 0.5) is 0 Å². The van der Waals surface area contributed by atoms with E-state index in [9.17, 15) is 29.1 Å². The number of fused-ring (bicyclic) bond motifs is 1. The van der Waals surface area contributed by atoms with Crippen LogP contribution < -0.4 is 0 Å². The minimum absolute atomic E-state index is 0.163. The van der Waals surface area contributed by atoms with Crippen molar-refractivity contribution in [2.45, 2.75) is 102 Å². The summed E-state index contributed by atoms with van der Waals surface area (Å²) in [5.41, 5.74) is -6.83. The number of carbonyl (C=O) groups is 5. The van der Waals surface area contributed by atoms with Crippen molar-refractivity contribution >= 4 is 29.8 Å². The molecule has 5 rings (SSSR count). The van der Waals surface area contributed by atoms with Gasteiger partial charge in [-0.15, -0.1) is 0 Å². The van der Waals surface area contributed by atoms with Crippen molar-refractivity contribution in [1.82, 2.24) is 0 Å². The maximum Gasteiger partial charge on any atom is 0.338 e. The molecule has 0 amide bonds. The van der Waals surface area contributed by atoms with Crippen LogP contribution in [-0.4, -0.2) is 82.3 Å². The minimum atomic E-state index is -1.98. The normalized spacial score (nSPS) is 35.1. The Hall–Kier alpha value is -4.29. The van der Waals surface area contributed by atoms with E-state index < -0.39 is 88.5 Å². The summed E-state index contributed by atoms with van der Waals surface area (Å²) in [4.78, 5) is 65.6. The predicted molar refractivity (Wildman–Crippen MR) is 163 cm³/mol. The van der Waals surface area contributed by atoms with Crippen molar-refractivity contribution in [3.05, 3.63) is 71.8 Å². The number of hydrogen-bond donors (Lipinski definition) is 1. The number of hydrogen-bond acceptors (Lipinski definition) is 12. The van der Waals surface area contributed by atoms with Crippen molar-refractivity contribution in [2.24, 2.45) is 11.3 Å². The fraction of sp³-hybridized carbons (Fsp3) is 0.514. The molecule has 0 aromatic heterocycles. The Balaban J connectivity index is 1.81. The molecular weight excluding hydrogens is 612 g/mol. The monoisotopic (exact) mass is 652 g/mol. The predicted octanol–water partition coefficient (Wildman–Crippen LogP) is 3.57. The zero-order chi connectivity index (χ0) is 34.5. The first-order valence-corrected chi connectivity index (χ1v) is 15.4. The van der Waals surface area contributed by atoms with Crippen LogP contribution in [0.2, 0.25) is 0 Å². The zero-order valence-electron chi connectivity index (χ0n) is 27.4. The number of benzene rings is 2. The maximum absolute atomic E-state index is 13.8. The smallest absolute Gasteiger partial charge is 0.338 e. The first-order chi connectivity index (χ1) is 22.0. The van der Waals surface area contributed by atoms with Crippen LogP contribution in [0.15, 0.2) is 60.7 Å². The molecule has 12 heteroatoms. The van der Waals surface area contributed by atoms with Crippen LogP contribution in [0, 0.1) is 11.3 Å². The maximum atomic E-state index is 13.8. The summed E-state index contributed by atoms with van der Waals surface area (Å²) in [5, 5.41) is 12.5. The van der Waals surface area contributed by atoms with E-state index in [1.165, 1.54) is 58.9 Å². The van der Waals surface area contributed by atoms with Gasteiger partial charge in [0.2, 0.25) is 0 Å². The first-order valence-electron chi connectivity index (χ1n) is 15.4. The highest BCUT2D eigenvalue weighted by molar-refractivity contribution is 5.90. The molecule has 2 aromatic carbocycles. The fourth-order valence-corrected chi connectivity index (χ4v) is 8.17. The zero-order valence-corrected chi connectivity index (χ0v) is 27.4. The lowest BCUT2D eigenvalue weighted by molar-refractivity contribution is -0.350. The fourth-order valence-electron chi connectivity index (χ4n) is 8.17. The molecule has 3 fully saturated rings. The molecule has 12 nitrogen and oxygen atoms in total. The molecule has 47 heavy (non-hydrogen) atoms. The summed E-state index contributed by atoms with van der Waals surface area (Å²) < 4.78 is 37.0. The molecule has 1 spiro atoms. The number of rotatable bonds is 7. The Kier molecular flexibility index (Phi) is 8.74. The van der Waals surface area contributed by atoms with Gasteiger partial charge in [0, 0.05) is 27.2 Å². The van der Waals surface area contributed by atoms with Gasteiger partial charge in [0.25, 0.3) is 0 Å². The summed E-state index contributed by atoms with van der Waals surface area (Å²) in [6.07, 6.45) is -7.32. The van der Waals surface area contributed by atoms with Gasteiger partial charge in [-0.2, -0.15) is 0 Å². The van der Waals surface area contributed by atoms with Gasteiger partial charge in [-0.3, -0.25) is 14.4 Å². The lowest BCUT2D eigenvalue weighted by Crippen LogP contribution is -2.83. The number of carbonyl (C=O) groups excluding carboxylic acids is 5. The summed E-state index contributed by atoms with van der Waals surface area (Å²) in [5.74, 6) is -4.81. The third-order valence-electron chi connectivity index (χ3n) is 9.72. The van der Waals surface area contributed by atoms with Crippen molar-refractivity contribution in [1.29, 1.82) is 0 Å². The van der Waals surface area contributed by atoms with Crippen LogP contribution in [0.5, 0.6) is 0 Å². The summed E-state index contributed by atoms with van der Waals surface area (Å²) in [7, 11) is 0. The van der Waals surface area contributed by atoms with Gasteiger partial charge in [-0.05, 0) is 52.0 Å². The minimum Gasteiger partial charge on any atom is -0.459 e. The average Bonchev–Trinajstić information content (AvgIpc) is 3.19. The molecule has 1 heterocycles. The highest BCUT2D eigenvalue weighted by Crippen LogP contribution is 2.69. The Morgan fingerprint density at radius 2 is 1.13 bits per heavy atom. The molecule has 2 saturated carbocycles. The second kappa shape index (κ2) is 12.1. The van der Waals surface area contributed by atoms with Crippen LogP contribution in [0.1, 0.15) is 75.6 Å². The Bertz CT molecular complexity index is 1550. The highest BCUT2D eigenvalue weighted by atomic mass is 16.6. The van der Waals surface area contributed by atoms with E-state index >= 15 is 0 Å². The van der Waals surface area contributed by atoms with Gasteiger partial charge < -0.3 is 33.5 Å². The summed E-state index contributed by atoms with van der Waals surface area (Å²) in [6, 6.07) is 16.1. The molecular formula is C35H40O12. The number of esters is 5. The SMILES string of the molecule is CC(=O)OC1C[C@@](C)(O)[C@]23OC(C)(C)[C@H](C(OC(C)=O)C(OC(=O)c4ccccc4)[C@]2(C)C1OC(=O)c1ccccc1)C3OC(C)=O. The molecule has 1 aliphatic heterocycles. The van der Waals surface area contributed by atoms with E-state index in [2.05, 4.69) is 0 Å². The largest absolute Gasteiger partial charge is 0.459 e. The van der Waals surface area contributed by atoms with Gasteiger partial charge in [-0.25, -0.2) is 9.59 Å². The van der Waals surface area contributed by atoms with E-state index in [4.69, 9.17) is 28.4 Å². The van der Waals surface area contributed by atoms with Crippen molar-refractivity contribution in [2.75, 3.05) is 0 Å². The number of ether oxygens (including phenoxy) is 6. The summed E-state index contributed by atoms with van der Waals surface area (Å²) in [6.45, 7) is 9.87. The van der Waals surface area contributed by atoms with Crippen LogP contribution in [-0.2, 0) is 42.8 Å². The molecule has 1 saturated heterocycles. The average molecular weight is 653 g/mol.